The average molecular weight is 441 g/mol. The summed E-state index contributed by atoms with van der Waals surface area (Å²) in [6.07, 6.45) is -2.70. The summed E-state index contributed by atoms with van der Waals surface area (Å²) in [6, 6.07) is -0.743. The number of carbonyl (C=O) groups excluding carboxylic acids is 1. The number of nitrogens with zero attached hydrogens (tertiary/aromatic N) is 4. The Morgan fingerprint density at radius 2 is 2.04 bits per heavy atom. The number of phosphoric ester groups is 1. The number of amides is 1. The van der Waals surface area contributed by atoms with E-state index in [2.05, 4.69) is 18.8 Å². The maximum atomic E-state index is 12.1. The molecule has 4 unspecified atom stereocenters. The topological polar surface area (TPSA) is 197 Å². The zero-order valence-electron chi connectivity index (χ0n) is 15.0. The van der Waals surface area contributed by atoms with Crippen molar-refractivity contribution in [2.75, 3.05) is 27.0 Å². The number of carbonyl (C=O) groups is 1. The second kappa shape index (κ2) is 7.56. The van der Waals surface area contributed by atoms with Crippen molar-refractivity contribution in [1.29, 1.82) is 0 Å². The number of hydrogen-bond donors (Lipinski definition) is 4. The van der Waals surface area contributed by atoms with E-state index in [1.54, 1.807) is 16.8 Å². The number of rotatable bonds is 6. The van der Waals surface area contributed by atoms with Gasteiger partial charge in [0.2, 0.25) is 5.96 Å². The van der Waals surface area contributed by atoms with Gasteiger partial charge in [-0.3, -0.25) is 18.8 Å². The lowest BCUT2D eigenvalue weighted by molar-refractivity contribution is -0.120. The summed E-state index contributed by atoms with van der Waals surface area (Å²) in [7, 11) is -7.34. The first-order chi connectivity index (χ1) is 12.9. The van der Waals surface area contributed by atoms with Crippen LogP contribution in [0.5, 0.6) is 0 Å². The third kappa shape index (κ3) is 4.67. The van der Waals surface area contributed by atoms with Crippen LogP contribution in [0, 0.1) is 0 Å². The van der Waals surface area contributed by atoms with Gasteiger partial charge in [0.1, 0.15) is 11.9 Å². The lowest BCUT2D eigenvalue weighted by Gasteiger charge is -2.28. The van der Waals surface area contributed by atoms with E-state index in [9.17, 15) is 23.9 Å². The van der Waals surface area contributed by atoms with Crippen molar-refractivity contribution in [3.05, 3.63) is 0 Å². The largest absolute Gasteiger partial charge is 0.479 e. The predicted molar refractivity (Wildman–Crippen MR) is 94.2 cm³/mol. The summed E-state index contributed by atoms with van der Waals surface area (Å²) in [6.45, 7) is 0.481. The van der Waals surface area contributed by atoms with Crippen molar-refractivity contribution < 1.29 is 42.4 Å². The summed E-state index contributed by atoms with van der Waals surface area (Å²) in [5.41, 5.74) is 5.55. The van der Waals surface area contributed by atoms with E-state index in [-0.39, 0.29) is 24.9 Å². The van der Waals surface area contributed by atoms with Crippen LogP contribution in [0.15, 0.2) is 9.98 Å². The Labute approximate surface area is 159 Å². The molecular weight excluding hydrogens is 420 g/mol. The summed E-state index contributed by atoms with van der Waals surface area (Å²) >= 11 is 0. The second-order valence-corrected chi connectivity index (χ2v) is 10.1. The van der Waals surface area contributed by atoms with Crippen LogP contribution in [0.4, 0.5) is 0 Å². The van der Waals surface area contributed by atoms with Gasteiger partial charge in [-0.25, -0.2) is 8.88 Å². The third-order valence-electron chi connectivity index (χ3n) is 4.19. The fraction of sp³-hybridized carbons (Fsp3) is 0.750. The predicted octanol–water partition coefficient (Wildman–Crippen LogP) is -1.76. The minimum absolute atomic E-state index is 0.0449. The molecule has 6 atom stereocenters. The lowest BCUT2D eigenvalue weighted by atomic mass is 10.2. The SMILES string of the molecule is CN1CN([C@H]2O[C@@H](COP(=O)(O)OP(C)(=O)O)CC2O)C2=NC(N)=NC(=O)C21. The first-order valence-corrected chi connectivity index (χ1v) is 11.6. The zero-order valence-corrected chi connectivity index (χ0v) is 16.8. The molecule has 1 amide bonds. The number of phosphoric acid groups is 1. The van der Waals surface area contributed by atoms with Gasteiger partial charge in [0.15, 0.2) is 12.3 Å². The lowest BCUT2D eigenvalue weighted by Crippen LogP contribution is -2.47. The standard InChI is InChI=1S/C12H21N5O9P2/c1-16-5-17(9-8(16)10(19)15-12(13)14-9)11-7(18)3-6(25-11)4-24-28(22,23)26-27(2,20)21/h6-8,11,18H,3-5H2,1-2H3,(H,20,21)(H,22,23)(H2,13,15,19)/t6-,7?,8?,11+/m1/s1. The van der Waals surface area contributed by atoms with Crippen molar-refractivity contribution in [2.24, 2.45) is 15.7 Å². The molecule has 3 heterocycles. The van der Waals surface area contributed by atoms with E-state index >= 15 is 0 Å². The molecule has 2 saturated heterocycles. The highest BCUT2D eigenvalue weighted by atomic mass is 31.3. The molecule has 0 aromatic rings. The highest BCUT2D eigenvalue weighted by Gasteiger charge is 2.49. The number of fused-ring (bicyclic) bond motifs is 1. The van der Waals surface area contributed by atoms with Crippen LogP contribution in [0.25, 0.3) is 0 Å². The highest BCUT2D eigenvalue weighted by molar-refractivity contribution is 7.63. The molecule has 5 N–H and O–H groups in total. The van der Waals surface area contributed by atoms with Crippen molar-refractivity contribution in [1.82, 2.24) is 9.80 Å². The molecule has 16 heteroatoms. The molecule has 3 rings (SSSR count). The van der Waals surface area contributed by atoms with Gasteiger partial charge >= 0.3 is 15.4 Å². The minimum atomic E-state index is -4.78. The molecule has 2 fully saturated rings. The Hall–Kier alpha value is -1.21. The van der Waals surface area contributed by atoms with Gasteiger partial charge in [-0.1, -0.05) is 0 Å². The first kappa shape index (κ1) is 21.5. The van der Waals surface area contributed by atoms with Crippen LogP contribution in [-0.4, -0.2) is 93.9 Å². The Morgan fingerprint density at radius 3 is 2.68 bits per heavy atom. The molecule has 158 valence electrons. The fourth-order valence-corrected chi connectivity index (χ4v) is 5.29. The first-order valence-electron chi connectivity index (χ1n) is 8.12. The van der Waals surface area contributed by atoms with Crippen LogP contribution in [-0.2, 0) is 27.5 Å². The molecule has 28 heavy (non-hydrogen) atoms. The van der Waals surface area contributed by atoms with Crippen molar-refractivity contribution in [2.45, 2.75) is 30.9 Å². The Balaban J connectivity index is 1.66. The van der Waals surface area contributed by atoms with E-state index < -0.39 is 52.4 Å². The van der Waals surface area contributed by atoms with E-state index in [0.29, 0.717) is 0 Å². The summed E-state index contributed by atoms with van der Waals surface area (Å²) in [5, 5.41) is 10.4. The van der Waals surface area contributed by atoms with Gasteiger partial charge < -0.3 is 30.3 Å². The molecule has 0 aromatic heterocycles. The van der Waals surface area contributed by atoms with Crippen LogP contribution < -0.4 is 5.73 Å². The maximum absolute atomic E-state index is 12.1. The van der Waals surface area contributed by atoms with Gasteiger partial charge in [0, 0.05) is 13.1 Å². The Kier molecular flexibility index (Phi) is 5.80. The number of aliphatic imine (C=N–C) groups is 2. The number of aliphatic hydroxyl groups excluding tert-OH is 1. The molecule has 0 aromatic carbocycles. The van der Waals surface area contributed by atoms with Gasteiger partial charge in [-0.2, -0.15) is 9.98 Å². The number of nitrogens with two attached hydrogens (primary N) is 1. The summed E-state index contributed by atoms with van der Waals surface area (Å²) in [5.74, 6) is -0.393. The van der Waals surface area contributed by atoms with Crippen LogP contribution in [0.2, 0.25) is 0 Å². The average Bonchev–Trinajstić information content (AvgIpc) is 3.03. The van der Waals surface area contributed by atoms with Gasteiger partial charge in [-0.05, 0) is 7.05 Å². The normalized spacial score (nSPS) is 35.2. The van der Waals surface area contributed by atoms with Gasteiger partial charge in [0.05, 0.1) is 19.4 Å². The van der Waals surface area contributed by atoms with Gasteiger partial charge in [-0.15, -0.1) is 0 Å². The van der Waals surface area contributed by atoms with E-state index in [1.807, 2.05) is 0 Å². The molecule has 0 bridgehead atoms. The summed E-state index contributed by atoms with van der Waals surface area (Å²) in [4.78, 5) is 41.5. The Bertz CT molecular complexity index is 813. The zero-order chi connectivity index (χ0) is 20.9. The molecule has 3 aliphatic heterocycles. The molecule has 0 saturated carbocycles. The Morgan fingerprint density at radius 1 is 1.36 bits per heavy atom. The number of ether oxygens (including phenoxy) is 1. The minimum Gasteiger partial charge on any atom is -0.388 e. The number of amidine groups is 1. The summed E-state index contributed by atoms with van der Waals surface area (Å²) < 4.78 is 37.3. The third-order valence-corrected chi connectivity index (χ3v) is 6.71. The van der Waals surface area contributed by atoms with Crippen LogP contribution >= 0.6 is 15.4 Å². The second-order valence-electron chi connectivity index (χ2n) is 6.65. The van der Waals surface area contributed by atoms with Gasteiger partial charge in [0.25, 0.3) is 5.91 Å². The van der Waals surface area contributed by atoms with Crippen molar-refractivity contribution >= 4 is 33.1 Å². The number of guanidine groups is 1. The van der Waals surface area contributed by atoms with E-state index in [1.165, 1.54) is 0 Å². The maximum Gasteiger partial charge on any atom is 0.479 e. The number of hydrogen-bond acceptors (Lipinski definition) is 11. The molecule has 3 aliphatic rings. The van der Waals surface area contributed by atoms with E-state index in [4.69, 9.17) is 15.4 Å². The number of likely N-dealkylation sites (N-methyl/N-ethyl adjacent to an activating group) is 1. The fourth-order valence-electron chi connectivity index (χ4n) is 3.21. The quantitative estimate of drug-likeness (QED) is 0.339. The molecular formula is C12H21N5O9P2. The molecule has 14 nitrogen and oxygen atoms in total. The van der Waals surface area contributed by atoms with Crippen molar-refractivity contribution in [3.8, 4) is 0 Å². The highest BCUT2D eigenvalue weighted by Crippen LogP contribution is 2.58. The van der Waals surface area contributed by atoms with Crippen LogP contribution in [0.1, 0.15) is 6.42 Å². The number of aliphatic hydroxyl groups is 1. The monoisotopic (exact) mass is 441 g/mol. The smallest absolute Gasteiger partial charge is 0.388 e. The van der Waals surface area contributed by atoms with Crippen molar-refractivity contribution in [3.63, 3.8) is 0 Å². The van der Waals surface area contributed by atoms with E-state index in [0.717, 1.165) is 6.66 Å². The van der Waals surface area contributed by atoms with Crippen LogP contribution in [0.3, 0.4) is 0 Å². The molecule has 0 spiro atoms. The molecule has 0 radical (unpaired) electrons. The molecule has 0 aliphatic carbocycles.